The van der Waals surface area contributed by atoms with Gasteiger partial charge in [0.2, 0.25) is 11.8 Å². The van der Waals surface area contributed by atoms with Crippen LogP contribution in [-0.2, 0) is 4.79 Å². The highest BCUT2D eigenvalue weighted by Crippen LogP contribution is 2.31. The average Bonchev–Trinajstić information content (AvgIpc) is 3.12. The number of rotatable bonds is 6. The Hall–Kier alpha value is -2.58. The van der Waals surface area contributed by atoms with Crippen LogP contribution in [0.1, 0.15) is 5.56 Å². The summed E-state index contributed by atoms with van der Waals surface area (Å²) in [7, 11) is 1.50. The Bertz CT molecular complexity index is 963. The van der Waals surface area contributed by atoms with Crippen molar-refractivity contribution in [3.05, 3.63) is 52.8 Å². The largest absolute Gasteiger partial charge is 0.495 e. The summed E-state index contributed by atoms with van der Waals surface area (Å²) in [6.07, 6.45) is 0. The van der Waals surface area contributed by atoms with Crippen molar-refractivity contribution in [1.29, 1.82) is 0 Å². The minimum Gasteiger partial charge on any atom is -0.495 e. The Kier molecular flexibility index (Phi) is 5.98. The van der Waals surface area contributed by atoms with Crippen molar-refractivity contribution in [2.24, 2.45) is 0 Å². The van der Waals surface area contributed by atoms with Gasteiger partial charge >= 0.3 is 0 Å². The highest BCUT2D eigenvalue weighted by atomic mass is 35.5. The quantitative estimate of drug-likeness (QED) is 0.603. The van der Waals surface area contributed by atoms with E-state index in [1.54, 1.807) is 24.3 Å². The summed E-state index contributed by atoms with van der Waals surface area (Å²) in [6, 6.07) is 9.08. The number of anilines is 1. The lowest BCUT2D eigenvalue weighted by atomic mass is 10.2. The first-order chi connectivity index (χ1) is 13.0. The van der Waals surface area contributed by atoms with E-state index in [4.69, 9.17) is 20.8 Å². The van der Waals surface area contributed by atoms with E-state index < -0.39 is 0 Å². The second kappa shape index (κ2) is 8.41. The molecule has 140 valence electrons. The molecule has 9 heteroatoms. The van der Waals surface area contributed by atoms with E-state index in [-0.39, 0.29) is 28.6 Å². The van der Waals surface area contributed by atoms with Gasteiger partial charge in [0.1, 0.15) is 11.6 Å². The summed E-state index contributed by atoms with van der Waals surface area (Å²) >= 11 is 7.15. The van der Waals surface area contributed by atoms with Crippen molar-refractivity contribution in [2.45, 2.75) is 12.1 Å². The van der Waals surface area contributed by atoms with Crippen LogP contribution in [0.2, 0.25) is 5.02 Å². The molecule has 0 unspecified atom stereocenters. The molecule has 0 bridgehead atoms. The van der Waals surface area contributed by atoms with Gasteiger partial charge in [-0.15, -0.1) is 10.2 Å². The lowest BCUT2D eigenvalue weighted by Gasteiger charge is -2.11. The molecule has 1 N–H and O–H groups in total. The molecule has 1 heterocycles. The molecular formula is C18H15ClFN3O3S. The maximum absolute atomic E-state index is 13.0. The summed E-state index contributed by atoms with van der Waals surface area (Å²) in [5.74, 6) is 0.183. The van der Waals surface area contributed by atoms with E-state index in [0.29, 0.717) is 22.0 Å². The van der Waals surface area contributed by atoms with Gasteiger partial charge in [-0.05, 0) is 42.8 Å². The van der Waals surface area contributed by atoms with Crippen LogP contribution in [0.3, 0.4) is 0 Å². The molecule has 0 aliphatic heterocycles. The van der Waals surface area contributed by atoms with Crippen molar-refractivity contribution in [2.75, 3.05) is 18.2 Å². The third-order valence-electron chi connectivity index (χ3n) is 3.58. The first kappa shape index (κ1) is 19.2. The molecule has 2 aromatic carbocycles. The number of thioether (sulfide) groups is 1. The van der Waals surface area contributed by atoms with Crippen LogP contribution in [0.5, 0.6) is 5.75 Å². The average molecular weight is 408 g/mol. The first-order valence-electron chi connectivity index (χ1n) is 7.82. The number of ether oxygens (including phenoxy) is 1. The molecule has 6 nitrogen and oxygen atoms in total. The van der Waals surface area contributed by atoms with Gasteiger partial charge in [0.15, 0.2) is 0 Å². The smallest absolute Gasteiger partial charge is 0.277 e. The fraction of sp³-hybridized carbons (Fsp3) is 0.167. The molecule has 1 aromatic heterocycles. The van der Waals surface area contributed by atoms with E-state index in [1.165, 1.54) is 19.2 Å². The minimum atomic E-state index is -0.350. The molecular weight excluding hydrogens is 393 g/mol. The second-order valence-corrected chi connectivity index (χ2v) is 6.85. The second-order valence-electron chi connectivity index (χ2n) is 5.52. The van der Waals surface area contributed by atoms with Gasteiger partial charge in [0.05, 0.1) is 18.6 Å². The van der Waals surface area contributed by atoms with Gasteiger partial charge in [0.25, 0.3) is 5.22 Å². The Labute approximate surface area is 164 Å². The van der Waals surface area contributed by atoms with E-state index in [9.17, 15) is 9.18 Å². The molecule has 0 aliphatic carbocycles. The maximum atomic E-state index is 13.0. The third kappa shape index (κ3) is 4.78. The number of carbonyl (C=O) groups excluding carboxylic acids is 1. The standard InChI is InChI=1S/C18H15ClFN3O3S/c1-10-7-14(15(25-2)8-13(10)19)21-16(24)9-27-18-23-22-17(26-18)11-3-5-12(20)6-4-11/h3-8H,9H2,1-2H3,(H,21,24). The lowest BCUT2D eigenvalue weighted by molar-refractivity contribution is -0.113. The molecule has 0 spiro atoms. The molecule has 0 radical (unpaired) electrons. The van der Waals surface area contributed by atoms with Crippen LogP contribution in [0.4, 0.5) is 10.1 Å². The molecule has 3 aromatic rings. The topological polar surface area (TPSA) is 77.2 Å². The van der Waals surface area contributed by atoms with Gasteiger partial charge in [-0.3, -0.25) is 4.79 Å². The number of nitrogens with zero attached hydrogens (tertiary/aromatic N) is 2. The lowest BCUT2D eigenvalue weighted by Crippen LogP contribution is -2.15. The van der Waals surface area contributed by atoms with Crippen LogP contribution in [0.25, 0.3) is 11.5 Å². The molecule has 0 saturated carbocycles. The van der Waals surface area contributed by atoms with Gasteiger partial charge in [-0.25, -0.2) is 4.39 Å². The van der Waals surface area contributed by atoms with Crippen LogP contribution >= 0.6 is 23.4 Å². The molecule has 27 heavy (non-hydrogen) atoms. The first-order valence-corrected chi connectivity index (χ1v) is 9.19. The number of nitrogens with one attached hydrogen (secondary N) is 1. The number of benzene rings is 2. The fourth-order valence-electron chi connectivity index (χ4n) is 2.22. The van der Waals surface area contributed by atoms with Gasteiger partial charge < -0.3 is 14.5 Å². The molecule has 0 atom stereocenters. The zero-order chi connectivity index (χ0) is 19.4. The predicted molar refractivity (Wildman–Crippen MR) is 102 cm³/mol. The van der Waals surface area contributed by atoms with Crippen LogP contribution in [0.15, 0.2) is 46.0 Å². The normalized spacial score (nSPS) is 10.7. The number of amides is 1. The number of hydrogen-bond donors (Lipinski definition) is 1. The number of methoxy groups -OCH3 is 1. The van der Waals surface area contributed by atoms with Crippen LogP contribution in [-0.4, -0.2) is 29.0 Å². The predicted octanol–water partition coefficient (Wildman–Crippen LogP) is 4.58. The summed E-state index contributed by atoms with van der Waals surface area (Å²) in [6.45, 7) is 1.83. The third-order valence-corrected chi connectivity index (χ3v) is 4.80. The Balaban J connectivity index is 1.62. The van der Waals surface area contributed by atoms with Crippen molar-refractivity contribution >= 4 is 35.0 Å². The van der Waals surface area contributed by atoms with Crippen molar-refractivity contribution in [3.63, 3.8) is 0 Å². The van der Waals surface area contributed by atoms with Crippen molar-refractivity contribution in [1.82, 2.24) is 10.2 Å². The Morgan fingerprint density at radius 3 is 2.74 bits per heavy atom. The van der Waals surface area contributed by atoms with Crippen molar-refractivity contribution < 1.29 is 18.3 Å². The summed E-state index contributed by atoms with van der Waals surface area (Å²) in [5, 5.41) is 11.3. The minimum absolute atomic E-state index is 0.0654. The van der Waals surface area contributed by atoms with Gasteiger partial charge in [-0.1, -0.05) is 23.4 Å². The molecule has 1 amide bonds. The molecule has 0 fully saturated rings. The molecule has 3 rings (SSSR count). The zero-order valence-corrected chi connectivity index (χ0v) is 16.0. The summed E-state index contributed by atoms with van der Waals surface area (Å²) < 4.78 is 23.7. The highest BCUT2D eigenvalue weighted by Gasteiger charge is 2.14. The SMILES string of the molecule is COc1cc(Cl)c(C)cc1NC(=O)CSc1nnc(-c2ccc(F)cc2)o1. The van der Waals surface area contributed by atoms with E-state index in [1.807, 2.05) is 6.92 Å². The van der Waals surface area contributed by atoms with E-state index in [2.05, 4.69) is 15.5 Å². The van der Waals surface area contributed by atoms with Gasteiger partial charge in [-0.2, -0.15) is 0 Å². The number of aromatic nitrogens is 2. The number of halogens is 2. The number of aryl methyl sites for hydroxylation is 1. The fourth-order valence-corrected chi connectivity index (χ4v) is 2.94. The number of hydrogen-bond acceptors (Lipinski definition) is 6. The monoisotopic (exact) mass is 407 g/mol. The Morgan fingerprint density at radius 2 is 2.04 bits per heavy atom. The van der Waals surface area contributed by atoms with E-state index >= 15 is 0 Å². The molecule has 0 saturated heterocycles. The van der Waals surface area contributed by atoms with Crippen molar-refractivity contribution in [3.8, 4) is 17.2 Å². The zero-order valence-electron chi connectivity index (χ0n) is 14.5. The summed E-state index contributed by atoms with van der Waals surface area (Å²) in [5.41, 5.74) is 1.95. The Morgan fingerprint density at radius 1 is 1.30 bits per heavy atom. The number of carbonyl (C=O) groups is 1. The molecule has 0 aliphatic rings. The van der Waals surface area contributed by atoms with E-state index in [0.717, 1.165) is 17.3 Å². The maximum Gasteiger partial charge on any atom is 0.277 e. The van der Waals surface area contributed by atoms with Gasteiger partial charge in [0, 0.05) is 16.7 Å². The summed E-state index contributed by atoms with van der Waals surface area (Å²) in [4.78, 5) is 12.2. The van der Waals surface area contributed by atoms with Crippen LogP contribution in [0, 0.1) is 12.7 Å². The van der Waals surface area contributed by atoms with Crippen LogP contribution < -0.4 is 10.1 Å². The highest BCUT2D eigenvalue weighted by molar-refractivity contribution is 7.99.